The number of aryl methyl sites for hydroxylation is 2. The lowest BCUT2D eigenvalue weighted by Crippen LogP contribution is -2.16. The fourth-order valence-electron chi connectivity index (χ4n) is 2.16. The van der Waals surface area contributed by atoms with Crippen LogP contribution >= 0.6 is 0 Å². The van der Waals surface area contributed by atoms with Crippen molar-refractivity contribution in [1.82, 2.24) is 20.6 Å². The quantitative estimate of drug-likeness (QED) is 0.775. The molecule has 6 nitrogen and oxygen atoms in total. The van der Waals surface area contributed by atoms with Crippen LogP contribution in [0.5, 0.6) is 0 Å². The molecule has 0 spiro atoms. The number of hydrogen-bond donors (Lipinski definition) is 2. The summed E-state index contributed by atoms with van der Waals surface area (Å²) in [6.45, 7) is 4.31. The van der Waals surface area contributed by atoms with Crippen molar-refractivity contribution in [1.29, 1.82) is 0 Å². The van der Waals surface area contributed by atoms with E-state index in [4.69, 9.17) is 4.74 Å². The van der Waals surface area contributed by atoms with Gasteiger partial charge >= 0.3 is 0 Å². The predicted molar refractivity (Wildman–Crippen MR) is 78.7 cm³/mol. The lowest BCUT2D eigenvalue weighted by Gasteiger charge is -2.18. The van der Waals surface area contributed by atoms with Gasteiger partial charge in [-0.3, -0.25) is 0 Å². The molecule has 0 amide bonds. The first-order valence-corrected chi connectivity index (χ1v) is 7.30. The average Bonchev–Trinajstić information content (AvgIpc) is 3.04. The molecule has 2 rings (SSSR count). The van der Waals surface area contributed by atoms with E-state index < -0.39 is 6.10 Å². The van der Waals surface area contributed by atoms with Crippen molar-refractivity contribution in [2.45, 2.75) is 45.3 Å². The predicted octanol–water partition coefficient (Wildman–Crippen LogP) is 1.83. The lowest BCUT2D eigenvalue weighted by atomic mass is 9.99. The van der Waals surface area contributed by atoms with Gasteiger partial charge in [0.25, 0.3) is 0 Å². The maximum atomic E-state index is 9.60. The van der Waals surface area contributed by atoms with Gasteiger partial charge in [0.1, 0.15) is 0 Å². The van der Waals surface area contributed by atoms with Crippen molar-refractivity contribution < 1.29 is 9.84 Å². The Morgan fingerprint density at radius 3 is 2.81 bits per heavy atom. The molecule has 0 fully saturated rings. The summed E-state index contributed by atoms with van der Waals surface area (Å²) in [4.78, 5) is 0. The summed E-state index contributed by atoms with van der Waals surface area (Å²) in [5, 5.41) is 23.6. The van der Waals surface area contributed by atoms with E-state index in [-0.39, 0.29) is 6.10 Å². The van der Waals surface area contributed by atoms with Crippen molar-refractivity contribution in [2.24, 2.45) is 0 Å². The van der Waals surface area contributed by atoms with Gasteiger partial charge in [-0.2, -0.15) is 5.21 Å². The van der Waals surface area contributed by atoms with E-state index in [9.17, 15) is 5.11 Å². The van der Waals surface area contributed by atoms with Gasteiger partial charge in [0.15, 0.2) is 5.82 Å². The fraction of sp³-hybridized carbons (Fsp3) is 0.533. The molecule has 0 aliphatic heterocycles. The molecule has 2 N–H and O–H groups in total. The Balaban J connectivity index is 1.98. The van der Waals surface area contributed by atoms with Gasteiger partial charge in [0, 0.05) is 6.42 Å². The van der Waals surface area contributed by atoms with Gasteiger partial charge in [-0.05, 0) is 30.9 Å². The van der Waals surface area contributed by atoms with Gasteiger partial charge in [0.2, 0.25) is 0 Å². The first kappa shape index (κ1) is 15.6. The molecule has 2 aromatic rings. The number of H-pyrrole nitrogens is 1. The number of ether oxygens (including phenoxy) is 1. The van der Waals surface area contributed by atoms with Crippen molar-refractivity contribution in [3.63, 3.8) is 0 Å². The van der Waals surface area contributed by atoms with E-state index in [2.05, 4.69) is 32.8 Å². The number of hydrogen-bond acceptors (Lipinski definition) is 5. The first-order valence-electron chi connectivity index (χ1n) is 7.30. The summed E-state index contributed by atoms with van der Waals surface area (Å²) in [6, 6.07) is 8.17. The van der Waals surface area contributed by atoms with Crippen LogP contribution in [-0.2, 0) is 17.6 Å². The molecule has 0 radical (unpaired) electrons. The van der Waals surface area contributed by atoms with Crippen molar-refractivity contribution in [3.8, 4) is 0 Å². The summed E-state index contributed by atoms with van der Waals surface area (Å²) in [5.41, 5.74) is 2.35. The molecule has 0 bridgehead atoms. The summed E-state index contributed by atoms with van der Waals surface area (Å²) in [7, 11) is 0. The van der Waals surface area contributed by atoms with Crippen LogP contribution in [0, 0.1) is 0 Å². The molecule has 1 heterocycles. The molecule has 0 aliphatic rings. The van der Waals surface area contributed by atoms with E-state index in [0.717, 1.165) is 18.4 Å². The maximum Gasteiger partial charge on any atom is 0.174 e. The number of nitrogens with one attached hydrogen (secondary N) is 1. The van der Waals surface area contributed by atoms with Crippen LogP contribution < -0.4 is 0 Å². The molecule has 0 saturated carbocycles. The molecule has 1 aromatic carbocycles. The minimum absolute atomic E-state index is 0.0485. The van der Waals surface area contributed by atoms with Crippen LogP contribution in [-0.4, -0.2) is 38.4 Å². The van der Waals surface area contributed by atoms with E-state index in [1.165, 1.54) is 5.56 Å². The van der Waals surface area contributed by atoms with Crippen LogP contribution in [0.2, 0.25) is 0 Å². The molecule has 0 unspecified atom stereocenters. The Hall–Kier alpha value is -1.79. The highest BCUT2D eigenvalue weighted by atomic mass is 16.5. The highest BCUT2D eigenvalue weighted by Gasteiger charge is 2.13. The van der Waals surface area contributed by atoms with E-state index in [0.29, 0.717) is 18.9 Å². The van der Waals surface area contributed by atoms with Crippen molar-refractivity contribution >= 4 is 0 Å². The van der Waals surface area contributed by atoms with Gasteiger partial charge in [-0.25, -0.2) is 0 Å². The van der Waals surface area contributed by atoms with Crippen LogP contribution in [0.25, 0.3) is 0 Å². The van der Waals surface area contributed by atoms with E-state index in [1.807, 2.05) is 26.0 Å². The summed E-state index contributed by atoms with van der Waals surface area (Å²) >= 11 is 0. The summed E-state index contributed by atoms with van der Waals surface area (Å²) in [6.07, 6.45) is 1.82. The number of aromatic amines is 1. The average molecular weight is 290 g/mol. The van der Waals surface area contributed by atoms with Gasteiger partial charge in [-0.1, -0.05) is 36.4 Å². The number of aliphatic hydroxyl groups is 1. The highest BCUT2D eigenvalue weighted by molar-refractivity contribution is 5.29. The summed E-state index contributed by atoms with van der Waals surface area (Å²) < 4.78 is 5.76. The fourth-order valence-corrected chi connectivity index (χ4v) is 2.16. The monoisotopic (exact) mass is 290 g/mol. The zero-order chi connectivity index (χ0) is 15.1. The second-order valence-electron chi connectivity index (χ2n) is 5.06. The maximum absolute atomic E-state index is 9.60. The van der Waals surface area contributed by atoms with Crippen LogP contribution in [0.1, 0.15) is 43.3 Å². The Labute approximate surface area is 124 Å². The molecule has 0 saturated heterocycles. The molecule has 1 aromatic heterocycles. The highest BCUT2D eigenvalue weighted by Crippen LogP contribution is 2.22. The Morgan fingerprint density at radius 1 is 1.29 bits per heavy atom. The number of nitrogens with zero attached hydrogens (tertiary/aromatic N) is 3. The standard InChI is InChI=1S/C15H22N4O2/c1-3-13(20)10-21-11(2)14-7-5-4-6-12(14)8-9-15-16-18-19-17-15/h4-7,11,13,20H,3,8-10H2,1-2H3,(H,16,17,18,19)/t11-,13-/m1/s1. The van der Waals surface area contributed by atoms with Crippen LogP contribution in [0.3, 0.4) is 0 Å². The second-order valence-corrected chi connectivity index (χ2v) is 5.06. The molecule has 114 valence electrons. The smallest absolute Gasteiger partial charge is 0.174 e. The number of aliphatic hydroxyl groups excluding tert-OH is 1. The first-order chi connectivity index (χ1) is 10.2. The van der Waals surface area contributed by atoms with Crippen molar-refractivity contribution in [2.75, 3.05) is 6.61 Å². The van der Waals surface area contributed by atoms with Gasteiger partial charge < -0.3 is 9.84 Å². The zero-order valence-electron chi connectivity index (χ0n) is 12.5. The van der Waals surface area contributed by atoms with Gasteiger partial charge in [-0.15, -0.1) is 10.2 Å². The zero-order valence-corrected chi connectivity index (χ0v) is 12.5. The SMILES string of the molecule is CC[C@@H](O)CO[C@H](C)c1ccccc1CCc1nn[nH]n1. The third kappa shape index (κ3) is 4.61. The molecule has 21 heavy (non-hydrogen) atoms. The third-order valence-corrected chi connectivity index (χ3v) is 3.51. The lowest BCUT2D eigenvalue weighted by molar-refractivity contribution is -0.00406. The molecule has 0 aliphatic carbocycles. The van der Waals surface area contributed by atoms with Gasteiger partial charge in [0.05, 0.1) is 18.8 Å². The third-order valence-electron chi connectivity index (χ3n) is 3.51. The molecular weight excluding hydrogens is 268 g/mol. The van der Waals surface area contributed by atoms with Crippen LogP contribution in [0.4, 0.5) is 0 Å². The summed E-state index contributed by atoms with van der Waals surface area (Å²) in [5.74, 6) is 0.708. The number of tetrazole rings is 1. The number of rotatable bonds is 8. The minimum atomic E-state index is -0.404. The normalized spacial score (nSPS) is 14.0. The number of benzene rings is 1. The van der Waals surface area contributed by atoms with Crippen LogP contribution in [0.15, 0.2) is 24.3 Å². The molecular formula is C15H22N4O2. The Morgan fingerprint density at radius 2 is 2.10 bits per heavy atom. The Bertz CT molecular complexity index is 530. The van der Waals surface area contributed by atoms with E-state index >= 15 is 0 Å². The minimum Gasteiger partial charge on any atom is -0.391 e. The van der Waals surface area contributed by atoms with E-state index in [1.54, 1.807) is 0 Å². The number of aromatic nitrogens is 4. The Kier molecular flexibility index (Phi) is 5.83. The largest absolute Gasteiger partial charge is 0.391 e. The molecule has 6 heteroatoms. The van der Waals surface area contributed by atoms with Crippen molar-refractivity contribution in [3.05, 3.63) is 41.2 Å². The topological polar surface area (TPSA) is 83.9 Å². The molecule has 2 atom stereocenters. The second kappa shape index (κ2) is 7.85.